The van der Waals surface area contributed by atoms with Gasteiger partial charge in [-0.2, -0.15) is 0 Å². The van der Waals surface area contributed by atoms with Gasteiger partial charge in [0.25, 0.3) is 0 Å². The maximum Gasteiger partial charge on any atom is 0.247 e. The van der Waals surface area contributed by atoms with E-state index in [0.717, 1.165) is 44.5 Å². The summed E-state index contributed by atoms with van der Waals surface area (Å²) in [6, 6.07) is 3.83. The number of fused-ring (bicyclic) bond motifs is 4. The first kappa shape index (κ1) is 18.2. The fourth-order valence-electron chi connectivity index (χ4n) is 5.31. The van der Waals surface area contributed by atoms with Crippen LogP contribution in [0.5, 0.6) is 0 Å². The normalized spacial score (nSPS) is 30.7. The van der Waals surface area contributed by atoms with Crippen LogP contribution in [0.25, 0.3) is 0 Å². The largest absolute Gasteiger partial charge is 0.354 e. The zero-order chi connectivity index (χ0) is 19.0. The van der Waals surface area contributed by atoms with Crippen molar-refractivity contribution in [2.45, 2.75) is 51.2 Å². The van der Waals surface area contributed by atoms with Gasteiger partial charge in [0, 0.05) is 57.8 Å². The van der Waals surface area contributed by atoms with Crippen LogP contribution in [0.15, 0.2) is 23.1 Å². The van der Waals surface area contributed by atoms with Crippen LogP contribution in [0.3, 0.4) is 0 Å². The number of aromatic amines is 1. The monoisotopic (exact) mass is 372 g/mol. The lowest BCUT2D eigenvalue weighted by Crippen LogP contribution is -2.66. The first-order chi connectivity index (χ1) is 13.0. The van der Waals surface area contributed by atoms with Crippen LogP contribution in [-0.4, -0.2) is 58.3 Å². The van der Waals surface area contributed by atoms with Crippen molar-refractivity contribution in [1.29, 1.82) is 0 Å². The highest BCUT2D eigenvalue weighted by Crippen LogP contribution is 2.41. The minimum absolute atomic E-state index is 0.0426. The SMILES string of the molecule is CC(=O)NC[C@H]1[C@H]2C[C@H](CN(Cc3ccc(=O)[nH]c3)C2)[C@@H]2CCCC(=O)N21. The van der Waals surface area contributed by atoms with Crippen molar-refractivity contribution < 1.29 is 9.59 Å². The molecule has 0 radical (unpaired) electrons. The molecule has 2 amide bonds. The fraction of sp³-hybridized carbons (Fsp3) is 0.650. The van der Waals surface area contributed by atoms with E-state index in [1.54, 1.807) is 12.3 Å². The molecule has 4 atom stereocenters. The predicted octanol–water partition coefficient (Wildman–Crippen LogP) is 0.712. The number of hydrogen-bond donors (Lipinski definition) is 2. The van der Waals surface area contributed by atoms with Gasteiger partial charge in [0.05, 0.1) is 6.04 Å². The van der Waals surface area contributed by atoms with E-state index in [2.05, 4.69) is 20.1 Å². The molecule has 0 unspecified atom stereocenters. The quantitative estimate of drug-likeness (QED) is 0.815. The summed E-state index contributed by atoms with van der Waals surface area (Å²) in [6.45, 7) is 4.77. The van der Waals surface area contributed by atoms with Gasteiger partial charge < -0.3 is 15.2 Å². The summed E-state index contributed by atoms with van der Waals surface area (Å²) in [4.78, 5) is 42.8. The first-order valence-electron chi connectivity index (χ1n) is 9.97. The lowest BCUT2D eigenvalue weighted by Gasteiger charge is -2.56. The first-order valence-corrected chi connectivity index (χ1v) is 9.97. The zero-order valence-electron chi connectivity index (χ0n) is 15.8. The summed E-state index contributed by atoms with van der Waals surface area (Å²) in [7, 11) is 0. The molecular weight excluding hydrogens is 344 g/mol. The van der Waals surface area contributed by atoms with E-state index in [9.17, 15) is 14.4 Å². The molecule has 2 bridgehead atoms. The fourth-order valence-corrected chi connectivity index (χ4v) is 5.31. The highest BCUT2D eigenvalue weighted by molar-refractivity contribution is 5.78. The highest BCUT2D eigenvalue weighted by atomic mass is 16.2. The number of aromatic nitrogens is 1. The molecule has 3 fully saturated rings. The third-order valence-electron chi connectivity index (χ3n) is 6.39. The number of amides is 2. The number of carbonyl (C=O) groups is 2. The van der Waals surface area contributed by atoms with E-state index >= 15 is 0 Å². The van der Waals surface area contributed by atoms with Crippen LogP contribution in [0.1, 0.15) is 38.2 Å². The van der Waals surface area contributed by atoms with Crippen LogP contribution in [0.4, 0.5) is 0 Å². The lowest BCUT2D eigenvalue weighted by atomic mass is 9.72. The Labute approximate surface area is 159 Å². The topological polar surface area (TPSA) is 85.5 Å². The van der Waals surface area contributed by atoms with Gasteiger partial charge in [0.2, 0.25) is 17.4 Å². The van der Waals surface area contributed by atoms with Crippen LogP contribution >= 0.6 is 0 Å². The second kappa shape index (κ2) is 7.46. The molecule has 0 saturated carbocycles. The summed E-state index contributed by atoms with van der Waals surface area (Å²) in [6.07, 6.45) is 5.58. The third-order valence-corrected chi connectivity index (χ3v) is 6.39. The Balaban J connectivity index is 1.53. The van der Waals surface area contributed by atoms with Crippen molar-refractivity contribution in [3.8, 4) is 0 Å². The van der Waals surface area contributed by atoms with Crippen LogP contribution < -0.4 is 10.9 Å². The van der Waals surface area contributed by atoms with Gasteiger partial charge in [-0.05, 0) is 36.7 Å². The third kappa shape index (κ3) is 3.78. The molecule has 3 saturated heterocycles. The average molecular weight is 372 g/mol. The number of piperidine rings is 3. The second-order valence-electron chi connectivity index (χ2n) is 8.28. The maximum absolute atomic E-state index is 12.7. The number of likely N-dealkylation sites (tertiary alicyclic amines) is 1. The second-order valence-corrected chi connectivity index (χ2v) is 8.28. The Morgan fingerprint density at radius 2 is 2.07 bits per heavy atom. The summed E-state index contributed by atoms with van der Waals surface area (Å²) in [5, 5.41) is 2.95. The number of nitrogens with one attached hydrogen (secondary N) is 2. The molecule has 2 N–H and O–H groups in total. The molecule has 1 aromatic rings. The van der Waals surface area contributed by atoms with Crippen molar-refractivity contribution in [3.63, 3.8) is 0 Å². The van der Waals surface area contributed by atoms with Crippen LogP contribution in [0.2, 0.25) is 0 Å². The Hall–Kier alpha value is -2.15. The van der Waals surface area contributed by atoms with E-state index in [-0.39, 0.29) is 23.4 Å². The highest BCUT2D eigenvalue weighted by Gasteiger charge is 2.49. The maximum atomic E-state index is 12.7. The van der Waals surface area contributed by atoms with Gasteiger partial charge in [-0.1, -0.05) is 6.07 Å². The number of hydrogen-bond acceptors (Lipinski definition) is 4. The summed E-state index contributed by atoms with van der Waals surface area (Å²) >= 11 is 0. The van der Waals surface area contributed by atoms with Gasteiger partial charge in [-0.15, -0.1) is 0 Å². The van der Waals surface area contributed by atoms with Crippen LogP contribution in [-0.2, 0) is 16.1 Å². The van der Waals surface area contributed by atoms with E-state index in [0.29, 0.717) is 30.8 Å². The molecule has 1 aromatic heterocycles. The Morgan fingerprint density at radius 1 is 1.26 bits per heavy atom. The van der Waals surface area contributed by atoms with Crippen molar-refractivity contribution in [3.05, 3.63) is 34.2 Å². The van der Waals surface area contributed by atoms with Gasteiger partial charge >= 0.3 is 0 Å². The molecule has 7 heteroatoms. The lowest BCUT2D eigenvalue weighted by molar-refractivity contribution is -0.153. The van der Waals surface area contributed by atoms with Gasteiger partial charge in [0.1, 0.15) is 0 Å². The number of pyridine rings is 1. The molecule has 4 rings (SSSR count). The summed E-state index contributed by atoms with van der Waals surface area (Å²) in [5.41, 5.74) is 1.02. The standard InChI is InChI=1S/C20H28N4O3/c1-13(25)21-9-18-16-7-15(17-3-2-4-20(27)24(17)18)11-23(12-16)10-14-5-6-19(26)22-8-14/h5-6,8,15-18H,2-4,7,9-12H2,1H3,(H,21,25)(H,22,26)/t15-,16+,17+,18+/m1/s1. The van der Waals surface area contributed by atoms with Crippen molar-refractivity contribution in [2.24, 2.45) is 11.8 Å². The Morgan fingerprint density at radius 3 is 2.81 bits per heavy atom. The number of carbonyl (C=O) groups excluding carboxylic acids is 2. The molecular formula is C20H28N4O3. The summed E-state index contributed by atoms with van der Waals surface area (Å²) < 4.78 is 0. The molecule has 146 valence electrons. The number of nitrogens with zero attached hydrogens (tertiary/aromatic N) is 2. The predicted molar refractivity (Wildman–Crippen MR) is 101 cm³/mol. The molecule has 3 aliphatic rings. The Kier molecular flexibility index (Phi) is 5.04. The van der Waals surface area contributed by atoms with Gasteiger partial charge in [0.15, 0.2) is 0 Å². The number of rotatable bonds is 4. The minimum Gasteiger partial charge on any atom is -0.354 e. The van der Waals surface area contributed by atoms with Crippen molar-refractivity contribution >= 4 is 11.8 Å². The van der Waals surface area contributed by atoms with Crippen LogP contribution in [0, 0.1) is 11.8 Å². The number of H-pyrrole nitrogens is 1. The molecule has 0 spiro atoms. The van der Waals surface area contributed by atoms with Gasteiger partial charge in [-0.25, -0.2) is 0 Å². The zero-order valence-corrected chi connectivity index (χ0v) is 15.8. The minimum atomic E-state index is -0.0824. The molecule has 7 nitrogen and oxygen atoms in total. The van der Waals surface area contributed by atoms with E-state index in [1.165, 1.54) is 6.92 Å². The van der Waals surface area contributed by atoms with Crippen molar-refractivity contribution in [1.82, 2.24) is 20.1 Å². The van der Waals surface area contributed by atoms with Crippen molar-refractivity contribution in [2.75, 3.05) is 19.6 Å². The molecule has 4 heterocycles. The Bertz CT molecular complexity index is 756. The molecule has 27 heavy (non-hydrogen) atoms. The van der Waals surface area contributed by atoms with E-state index in [4.69, 9.17) is 0 Å². The van der Waals surface area contributed by atoms with E-state index in [1.807, 2.05) is 6.07 Å². The molecule has 0 aliphatic carbocycles. The summed E-state index contributed by atoms with van der Waals surface area (Å²) in [5.74, 6) is 1.07. The molecule has 3 aliphatic heterocycles. The van der Waals surface area contributed by atoms with Gasteiger partial charge in [-0.3, -0.25) is 19.3 Å². The average Bonchev–Trinajstić information content (AvgIpc) is 2.64. The smallest absolute Gasteiger partial charge is 0.247 e. The van der Waals surface area contributed by atoms with E-state index < -0.39 is 0 Å². The molecule has 0 aromatic carbocycles.